The molecule has 0 unspecified atom stereocenters. The van der Waals surface area contributed by atoms with E-state index in [0.29, 0.717) is 0 Å². The second kappa shape index (κ2) is 3.36. The highest BCUT2D eigenvalue weighted by atomic mass is 32.2. The van der Waals surface area contributed by atoms with E-state index in [1.165, 1.54) is 24.3 Å². The van der Waals surface area contributed by atoms with Crippen LogP contribution in [0.15, 0.2) is 29.2 Å². The number of carbonyl (C=O) groups is 2. The Hall–Kier alpha value is -1.79. The Morgan fingerprint density at radius 2 is 1.75 bits per heavy atom. The summed E-state index contributed by atoms with van der Waals surface area (Å²) < 4.78 is 31.0. The standard InChI is InChI=1S/C10H6O5S/c11-8-5-4-6-7(10(8)12)2-1-3-9(6)16(13,14)15/h1-5H,(H,13,14,15). The van der Waals surface area contributed by atoms with Gasteiger partial charge in [0.1, 0.15) is 4.90 Å². The van der Waals surface area contributed by atoms with E-state index < -0.39 is 21.7 Å². The van der Waals surface area contributed by atoms with Crippen LogP contribution < -0.4 is 0 Å². The number of carbonyl (C=O) groups excluding carboxylic acids is 2. The Morgan fingerprint density at radius 3 is 2.38 bits per heavy atom. The van der Waals surface area contributed by atoms with E-state index in [9.17, 15) is 18.0 Å². The summed E-state index contributed by atoms with van der Waals surface area (Å²) >= 11 is 0. The molecular weight excluding hydrogens is 232 g/mol. The summed E-state index contributed by atoms with van der Waals surface area (Å²) in [6.45, 7) is 0. The zero-order chi connectivity index (χ0) is 11.9. The molecule has 82 valence electrons. The minimum atomic E-state index is -4.40. The normalized spacial score (nSPS) is 15.1. The van der Waals surface area contributed by atoms with Crippen molar-refractivity contribution in [2.45, 2.75) is 4.90 Å². The van der Waals surface area contributed by atoms with Crippen molar-refractivity contribution in [2.75, 3.05) is 0 Å². The van der Waals surface area contributed by atoms with Gasteiger partial charge in [-0.3, -0.25) is 14.1 Å². The van der Waals surface area contributed by atoms with Crippen LogP contribution >= 0.6 is 0 Å². The number of fused-ring (bicyclic) bond motifs is 1. The molecule has 1 N–H and O–H groups in total. The number of Topliss-reactive ketones (excluding diaryl/α,β-unsaturated/α-hetero) is 1. The van der Waals surface area contributed by atoms with Gasteiger partial charge in [0.15, 0.2) is 0 Å². The van der Waals surface area contributed by atoms with Crippen LogP contribution in [0, 0.1) is 0 Å². The van der Waals surface area contributed by atoms with E-state index in [2.05, 4.69) is 0 Å². The molecule has 2 rings (SSSR count). The lowest BCUT2D eigenvalue weighted by molar-refractivity contribution is -0.110. The molecule has 0 radical (unpaired) electrons. The first kappa shape index (κ1) is 10.7. The van der Waals surface area contributed by atoms with Crippen molar-refractivity contribution in [2.24, 2.45) is 0 Å². The average molecular weight is 238 g/mol. The first-order chi connectivity index (χ1) is 7.41. The molecule has 0 spiro atoms. The maximum absolute atomic E-state index is 11.4. The van der Waals surface area contributed by atoms with Crippen molar-refractivity contribution in [1.82, 2.24) is 0 Å². The molecule has 0 atom stereocenters. The first-order valence-electron chi connectivity index (χ1n) is 4.28. The number of hydrogen-bond donors (Lipinski definition) is 1. The maximum Gasteiger partial charge on any atom is 0.295 e. The number of allylic oxidation sites excluding steroid dienone is 1. The van der Waals surface area contributed by atoms with E-state index in [4.69, 9.17) is 4.55 Å². The summed E-state index contributed by atoms with van der Waals surface area (Å²) in [6.07, 6.45) is 2.20. The Kier molecular flexibility index (Phi) is 2.25. The fraction of sp³-hybridized carbons (Fsp3) is 0. The van der Waals surface area contributed by atoms with Crippen LogP contribution in [0.1, 0.15) is 15.9 Å². The molecule has 6 heteroatoms. The van der Waals surface area contributed by atoms with Crippen LogP contribution in [0.4, 0.5) is 0 Å². The summed E-state index contributed by atoms with van der Waals surface area (Å²) in [5.74, 6) is -1.48. The minimum absolute atomic E-state index is 0.0115. The molecule has 1 aliphatic carbocycles. The smallest absolute Gasteiger partial charge is 0.286 e. The fourth-order valence-corrected chi connectivity index (χ4v) is 2.21. The van der Waals surface area contributed by atoms with Gasteiger partial charge in [0, 0.05) is 11.1 Å². The molecule has 0 aromatic heterocycles. The maximum atomic E-state index is 11.4. The summed E-state index contributed by atoms with van der Waals surface area (Å²) in [7, 11) is -4.40. The number of hydrogen-bond acceptors (Lipinski definition) is 4. The number of ketones is 2. The SMILES string of the molecule is O=C1C=Cc2c(cccc2S(=O)(=O)O)C1=O. The van der Waals surface area contributed by atoms with Crippen molar-refractivity contribution in [3.8, 4) is 0 Å². The molecule has 1 aliphatic rings. The van der Waals surface area contributed by atoms with Crippen LogP contribution in [0.5, 0.6) is 0 Å². The van der Waals surface area contributed by atoms with Gasteiger partial charge >= 0.3 is 0 Å². The molecule has 0 bridgehead atoms. The van der Waals surface area contributed by atoms with Crippen LogP contribution in [0.2, 0.25) is 0 Å². The van der Waals surface area contributed by atoms with Gasteiger partial charge in [-0.05, 0) is 18.2 Å². The predicted octanol–water partition coefficient (Wildman–Crippen LogP) is 0.712. The van der Waals surface area contributed by atoms with Gasteiger partial charge in [-0.15, -0.1) is 0 Å². The lowest BCUT2D eigenvalue weighted by Gasteiger charge is -2.10. The second-order valence-electron chi connectivity index (χ2n) is 3.22. The minimum Gasteiger partial charge on any atom is -0.286 e. The Labute approximate surface area is 91.1 Å². The number of benzene rings is 1. The van der Waals surface area contributed by atoms with Crippen LogP contribution in [0.3, 0.4) is 0 Å². The highest BCUT2D eigenvalue weighted by molar-refractivity contribution is 7.86. The number of rotatable bonds is 1. The fourth-order valence-electron chi connectivity index (χ4n) is 1.51. The molecule has 0 aliphatic heterocycles. The van der Waals surface area contributed by atoms with Gasteiger partial charge in [-0.25, -0.2) is 0 Å². The molecule has 1 aromatic carbocycles. The molecule has 1 aromatic rings. The van der Waals surface area contributed by atoms with E-state index in [-0.39, 0.29) is 16.0 Å². The van der Waals surface area contributed by atoms with E-state index >= 15 is 0 Å². The van der Waals surface area contributed by atoms with Crippen LogP contribution in [0.25, 0.3) is 6.08 Å². The topological polar surface area (TPSA) is 88.5 Å². The summed E-state index contributed by atoms with van der Waals surface area (Å²) in [5, 5.41) is 0. The van der Waals surface area contributed by atoms with Crippen LogP contribution in [-0.2, 0) is 14.9 Å². The average Bonchev–Trinajstić information content (AvgIpc) is 2.21. The quantitative estimate of drug-likeness (QED) is 0.575. The summed E-state index contributed by atoms with van der Waals surface area (Å²) in [6, 6.07) is 3.81. The van der Waals surface area contributed by atoms with Gasteiger partial charge < -0.3 is 0 Å². The monoisotopic (exact) mass is 238 g/mol. The van der Waals surface area contributed by atoms with Crippen molar-refractivity contribution in [1.29, 1.82) is 0 Å². The third-order valence-corrected chi connectivity index (χ3v) is 3.13. The molecule has 0 fully saturated rings. The zero-order valence-electron chi connectivity index (χ0n) is 7.88. The van der Waals surface area contributed by atoms with Gasteiger partial charge in [0.25, 0.3) is 10.1 Å². The lowest BCUT2D eigenvalue weighted by atomic mass is 9.95. The van der Waals surface area contributed by atoms with Crippen LogP contribution in [-0.4, -0.2) is 24.5 Å². The predicted molar refractivity (Wildman–Crippen MR) is 54.6 cm³/mol. The highest BCUT2D eigenvalue weighted by Crippen LogP contribution is 2.24. The van der Waals surface area contributed by atoms with Gasteiger partial charge in [0.05, 0.1) is 0 Å². The first-order valence-corrected chi connectivity index (χ1v) is 5.72. The molecule has 0 amide bonds. The van der Waals surface area contributed by atoms with Crippen molar-refractivity contribution < 1.29 is 22.6 Å². The van der Waals surface area contributed by atoms with Gasteiger partial charge in [-0.2, -0.15) is 8.42 Å². The zero-order valence-corrected chi connectivity index (χ0v) is 8.69. The highest BCUT2D eigenvalue weighted by Gasteiger charge is 2.25. The summed E-state index contributed by atoms with van der Waals surface area (Å²) in [5.41, 5.74) is 0.0391. The van der Waals surface area contributed by atoms with Gasteiger partial charge in [0.2, 0.25) is 11.6 Å². The van der Waals surface area contributed by atoms with Crippen molar-refractivity contribution >= 4 is 27.8 Å². The largest absolute Gasteiger partial charge is 0.295 e. The van der Waals surface area contributed by atoms with Crippen molar-refractivity contribution in [3.05, 3.63) is 35.4 Å². The molecule has 16 heavy (non-hydrogen) atoms. The molecular formula is C10H6O5S. The molecule has 0 heterocycles. The second-order valence-corrected chi connectivity index (χ2v) is 4.61. The van der Waals surface area contributed by atoms with E-state index in [0.717, 1.165) is 6.08 Å². The molecule has 5 nitrogen and oxygen atoms in total. The van der Waals surface area contributed by atoms with E-state index in [1.807, 2.05) is 0 Å². The lowest BCUT2D eigenvalue weighted by Crippen LogP contribution is -2.18. The molecule has 0 saturated carbocycles. The van der Waals surface area contributed by atoms with Crippen molar-refractivity contribution in [3.63, 3.8) is 0 Å². The third-order valence-electron chi connectivity index (χ3n) is 2.21. The Balaban J connectivity index is 2.80. The summed E-state index contributed by atoms with van der Waals surface area (Å²) in [4.78, 5) is 22.1. The van der Waals surface area contributed by atoms with Gasteiger partial charge in [-0.1, -0.05) is 12.1 Å². The Morgan fingerprint density at radius 1 is 1.06 bits per heavy atom. The van der Waals surface area contributed by atoms with E-state index in [1.54, 1.807) is 0 Å². The third kappa shape index (κ3) is 1.58. The molecule has 0 saturated heterocycles. The Bertz CT molecular complexity index is 625.